The van der Waals surface area contributed by atoms with E-state index in [0.29, 0.717) is 17.7 Å². The topological polar surface area (TPSA) is 58.2 Å². The third-order valence-electron chi connectivity index (χ3n) is 5.13. The summed E-state index contributed by atoms with van der Waals surface area (Å²) in [6.45, 7) is 6.05. The summed E-state index contributed by atoms with van der Waals surface area (Å²) >= 11 is 1.46. The maximum absolute atomic E-state index is 13.1. The van der Waals surface area contributed by atoms with Crippen molar-refractivity contribution in [2.24, 2.45) is 0 Å². The second-order valence-electron chi connectivity index (χ2n) is 7.46. The number of halogens is 1. The molecular weight excluding hydrogens is 423 g/mol. The Morgan fingerprint density at radius 2 is 1.69 bits per heavy atom. The van der Waals surface area contributed by atoms with Crippen LogP contribution in [0, 0.1) is 12.7 Å². The molecule has 0 aliphatic carbocycles. The van der Waals surface area contributed by atoms with Gasteiger partial charge in [0.2, 0.25) is 5.91 Å². The van der Waals surface area contributed by atoms with Gasteiger partial charge in [0.15, 0.2) is 0 Å². The maximum Gasteiger partial charge on any atom is 0.255 e. The molecule has 0 saturated carbocycles. The lowest BCUT2D eigenvalue weighted by molar-refractivity contribution is -0.115. The fourth-order valence-corrected chi connectivity index (χ4v) is 4.36. The van der Waals surface area contributed by atoms with Gasteiger partial charge in [0.1, 0.15) is 5.82 Å². The molecule has 0 aliphatic heterocycles. The van der Waals surface area contributed by atoms with Crippen LogP contribution in [0.5, 0.6) is 0 Å². The predicted octanol–water partition coefficient (Wildman–Crippen LogP) is 6.46. The first kappa shape index (κ1) is 23.5. The van der Waals surface area contributed by atoms with E-state index in [1.54, 1.807) is 6.07 Å². The van der Waals surface area contributed by atoms with Crippen LogP contribution in [0.3, 0.4) is 0 Å². The number of anilines is 2. The summed E-state index contributed by atoms with van der Waals surface area (Å²) in [5, 5.41) is 5.66. The van der Waals surface area contributed by atoms with Gasteiger partial charge < -0.3 is 10.6 Å². The van der Waals surface area contributed by atoms with E-state index in [1.807, 2.05) is 50.2 Å². The Hall–Kier alpha value is -3.12. The molecule has 2 N–H and O–H groups in total. The number of carbonyl (C=O) groups excluding carboxylic acids is 2. The Balaban J connectivity index is 1.69. The van der Waals surface area contributed by atoms with Gasteiger partial charge in [-0.2, -0.15) is 0 Å². The number of rotatable bonds is 8. The van der Waals surface area contributed by atoms with Crippen LogP contribution >= 0.6 is 11.8 Å². The second-order valence-corrected chi connectivity index (χ2v) is 8.73. The van der Waals surface area contributed by atoms with Crippen molar-refractivity contribution in [2.45, 2.75) is 43.8 Å². The molecule has 0 aromatic heterocycles. The zero-order valence-corrected chi connectivity index (χ0v) is 19.3. The maximum atomic E-state index is 13.1. The number of carbonyl (C=O) groups is 2. The van der Waals surface area contributed by atoms with E-state index in [4.69, 9.17) is 0 Å². The number of hydrogen-bond acceptors (Lipinski definition) is 3. The van der Waals surface area contributed by atoms with Crippen molar-refractivity contribution in [1.29, 1.82) is 0 Å². The van der Waals surface area contributed by atoms with Gasteiger partial charge in [-0.05, 0) is 73.4 Å². The van der Waals surface area contributed by atoms with Crippen molar-refractivity contribution < 1.29 is 14.0 Å². The molecule has 32 heavy (non-hydrogen) atoms. The average molecular weight is 451 g/mol. The molecule has 4 nitrogen and oxygen atoms in total. The minimum atomic E-state index is -0.388. The highest BCUT2D eigenvalue weighted by atomic mass is 32.2. The van der Waals surface area contributed by atoms with Gasteiger partial charge >= 0.3 is 0 Å². The zero-order chi connectivity index (χ0) is 23.1. The number of benzene rings is 3. The largest absolute Gasteiger partial charge is 0.325 e. The van der Waals surface area contributed by atoms with Gasteiger partial charge in [-0.15, -0.1) is 11.8 Å². The molecule has 3 aromatic carbocycles. The Morgan fingerprint density at radius 3 is 2.38 bits per heavy atom. The van der Waals surface area contributed by atoms with E-state index < -0.39 is 0 Å². The molecule has 0 radical (unpaired) electrons. The van der Waals surface area contributed by atoms with Crippen LogP contribution < -0.4 is 10.6 Å². The molecule has 0 bridgehead atoms. The highest BCUT2D eigenvalue weighted by Crippen LogP contribution is 2.30. The van der Waals surface area contributed by atoms with Gasteiger partial charge in [0, 0.05) is 21.8 Å². The smallest absolute Gasteiger partial charge is 0.255 e. The van der Waals surface area contributed by atoms with Crippen molar-refractivity contribution in [3.63, 3.8) is 0 Å². The third-order valence-corrected chi connectivity index (χ3v) is 6.49. The summed E-state index contributed by atoms with van der Waals surface area (Å²) in [6, 6.07) is 18.8. The minimum absolute atomic E-state index is 0.0396. The Kier molecular flexibility index (Phi) is 8.06. The lowest BCUT2D eigenvalue weighted by atomic mass is 10.1. The van der Waals surface area contributed by atoms with E-state index >= 15 is 0 Å². The SMILES string of the molecule is CCc1cccc(C)c1NC(=O)C(CC)Sc1cccc(NC(=O)c2ccc(F)cc2)c1. The number of para-hydroxylation sites is 1. The Morgan fingerprint density at radius 1 is 0.969 bits per heavy atom. The van der Waals surface area contributed by atoms with Crippen LogP contribution in [-0.2, 0) is 11.2 Å². The normalized spacial score (nSPS) is 11.6. The van der Waals surface area contributed by atoms with E-state index in [2.05, 4.69) is 17.6 Å². The van der Waals surface area contributed by atoms with Crippen LogP contribution in [0.2, 0.25) is 0 Å². The summed E-state index contributed by atoms with van der Waals surface area (Å²) in [5.74, 6) is -0.744. The van der Waals surface area contributed by atoms with E-state index in [-0.39, 0.29) is 22.9 Å². The van der Waals surface area contributed by atoms with Crippen LogP contribution in [0.4, 0.5) is 15.8 Å². The van der Waals surface area contributed by atoms with Crippen molar-refractivity contribution in [2.75, 3.05) is 10.6 Å². The Bertz CT molecular complexity index is 1100. The standard InChI is InChI=1S/C26H27FN2O2S/c1-4-18-9-6-8-17(3)24(18)29-26(31)23(5-2)32-22-11-7-10-21(16-22)28-25(30)19-12-14-20(27)15-13-19/h6-16,23H,4-5H2,1-3H3,(H,28,30)(H,29,31). The number of amides is 2. The van der Waals surface area contributed by atoms with Gasteiger partial charge in [-0.25, -0.2) is 4.39 Å². The molecule has 6 heteroatoms. The van der Waals surface area contributed by atoms with E-state index in [9.17, 15) is 14.0 Å². The lowest BCUT2D eigenvalue weighted by Gasteiger charge is -2.18. The van der Waals surface area contributed by atoms with Crippen molar-refractivity contribution >= 4 is 35.0 Å². The predicted molar refractivity (Wildman–Crippen MR) is 130 cm³/mol. The van der Waals surface area contributed by atoms with Crippen molar-refractivity contribution in [3.8, 4) is 0 Å². The minimum Gasteiger partial charge on any atom is -0.325 e. The first-order valence-electron chi connectivity index (χ1n) is 10.6. The number of thioether (sulfide) groups is 1. The molecule has 3 aromatic rings. The monoisotopic (exact) mass is 450 g/mol. The summed E-state index contributed by atoms with van der Waals surface area (Å²) < 4.78 is 13.1. The molecule has 0 spiro atoms. The molecule has 3 rings (SSSR count). The van der Waals surface area contributed by atoms with E-state index in [1.165, 1.54) is 36.0 Å². The number of nitrogens with one attached hydrogen (secondary N) is 2. The molecule has 1 atom stereocenters. The average Bonchev–Trinajstić information content (AvgIpc) is 2.79. The molecule has 0 heterocycles. The molecule has 0 fully saturated rings. The first-order valence-corrected chi connectivity index (χ1v) is 11.5. The van der Waals surface area contributed by atoms with Gasteiger partial charge in [0.05, 0.1) is 5.25 Å². The highest BCUT2D eigenvalue weighted by Gasteiger charge is 2.20. The van der Waals surface area contributed by atoms with Crippen LogP contribution in [0.1, 0.15) is 41.8 Å². The van der Waals surface area contributed by atoms with Crippen molar-refractivity contribution in [1.82, 2.24) is 0 Å². The quantitative estimate of drug-likeness (QED) is 0.387. The van der Waals surface area contributed by atoms with Crippen LogP contribution in [-0.4, -0.2) is 17.1 Å². The summed E-state index contributed by atoms with van der Waals surface area (Å²) in [5.41, 5.74) is 4.04. The highest BCUT2D eigenvalue weighted by molar-refractivity contribution is 8.00. The fourth-order valence-electron chi connectivity index (χ4n) is 3.34. The molecule has 0 saturated heterocycles. The molecule has 1 unspecified atom stereocenters. The first-order chi connectivity index (χ1) is 15.4. The fraction of sp³-hybridized carbons (Fsp3) is 0.231. The number of aryl methyl sites for hydroxylation is 2. The molecule has 2 amide bonds. The summed E-state index contributed by atoms with van der Waals surface area (Å²) in [4.78, 5) is 26.3. The zero-order valence-electron chi connectivity index (χ0n) is 18.4. The summed E-state index contributed by atoms with van der Waals surface area (Å²) in [6.07, 6.45) is 1.51. The van der Waals surface area contributed by atoms with Gasteiger partial charge in [-0.3, -0.25) is 9.59 Å². The van der Waals surface area contributed by atoms with Crippen LogP contribution in [0.15, 0.2) is 71.6 Å². The van der Waals surface area contributed by atoms with E-state index in [0.717, 1.165) is 28.1 Å². The summed E-state index contributed by atoms with van der Waals surface area (Å²) in [7, 11) is 0. The molecular formula is C26H27FN2O2S. The molecule has 0 aliphatic rings. The van der Waals surface area contributed by atoms with Gasteiger partial charge in [-0.1, -0.05) is 38.1 Å². The Labute approximate surface area is 192 Å². The lowest BCUT2D eigenvalue weighted by Crippen LogP contribution is -2.25. The molecule has 166 valence electrons. The van der Waals surface area contributed by atoms with Crippen molar-refractivity contribution in [3.05, 3.63) is 89.2 Å². The third kappa shape index (κ3) is 5.98. The second kappa shape index (κ2) is 11.0. The number of hydrogen-bond donors (Lipinski definition) is 2. The van der Waals surface area contributed by atoms with Gasteiger partial charge in [0.25, 0.3) is 5.91 Å². The van der Waals surface area contributed by atoms with Crippen LogP contribution in [0.25, 0.3) is 0 Å².